The molecule has 0 atom stereocenters. The number of nitrogens with zero attached hydrogens (tertiary/aromatic N) is 1. The molecule has 108 valence electrons. The molecule has 0 radical (unpaired) electrons. The summed E-state index contributed by atoms with van der Waals surface area (Å²) in [6.45, 7) is 1.92. The first kappa shape index (κ1) is 16.6. The summed E-state index contributed by atoms with van der Waals surface area (Å²) >= 11 is 0. The van der Waals surface area contributed by atoms with Crippen molar-refractivity contribution in [2.24, 2.45) is 0 Å². The van der Waals surface area contributed by atoms with Gasteiger partial charge in [-0.1, -0.05) is 35.9 Å². The minimum Gasteiger partial charge on any atom is -0.277 e. The molecule has 0 aliphatic carbocycles. The molecule has 0 aliphatic rings. The smallest absolute Gasteiger partial charge is 0.261 e. The minimum atomic E-state index is -3.61. The van der Waals surface area contributed by atoms with Crippen LogP contribution in [0.4, 0.5) is 5.69 Å². The van der Waals surface area contributed by atoms with E-state index in [1.807, 2.05) is 25.1 Å². The van der Waals surface area contributed by atoms with E-state index in [1.54, 1.807) is 42.6 Å². The van der Waals surface area contributed by atoms with Crippen LogP contribution in [0.5, 0.6) is 0 Å². The summed E-state index contributed by atoms with van der Waals surface area (Å²) in [6.07, 6.45) is 1.64. The molecule has 22 heavy (non-hydrogen) atoms. The molecule has 0 saturated carbocycles. The van der Waals surface area contributed by atoms with Gasteiger partial charge >= 0.3 is 0 Å². The Kier molecular flexibility index (Phi) is 4.94. The van der Waals surface area contributed by atoms with Gasteiger partial charge in [-0.05, 0) is 31.2 Å². The van der Waals surface area contributed by atoms with Gasteiger partial charge in [0.1, 0.15) is 0 Å². The third-order valence-corrected chi connectivity index (χ3v) is 4.59. The average Bonchev–Trinajstić information content (AvgIpc) is 2.48. The third-order valence-electron chi connectivity index (χ3n) is 3.21. The van der Waals surface area contributed by atoms with Crippen LogP contribution < -0.4 is 4.72 Å². The van der Waals surface area contributed by atoms with Crippen molar-refractivity contribution < 1.29 is 27.9 Å². The van der Waals surface area contributed by atoms with Crippen molar-refractivity contribution in [3.8, 4) is 0 Å². The van der Waals surface area contributed by atoms with Crippen LogP contribution in [0.2, 0.25) is 0 Å². The van der Waals surface area contributed by atoms with Crippen molar-refractivity contribution in [1.29, 1.82) is 0 Å². The number of sulfonamides is 1. The van der Waals surface area contributed by atoms with Gasteiger partial charge in [-0.15, -0.1) is 0 Å². The molecule has 0 aliphatic heterocycles. The van der Waals surface area contributed by atoms with Crippen LogP contribution in [0.15, 0.2) is 65.7 Å². The Labute approximate surface area is 142 Å². The second kappa shape index (κ2) is 6.55. The molecule has 0 bridgehead atoms. The van der Waals surface area contributed by atoms with Gasteiger partial charge in [-0.2, -0.15) is 0 Å². The van der Waals surface area contributed by atoms with Crippen molar-refractivity contribution in [1.82, 2.24) is 4.98 Å². The van der Waals surface area contributed by atoms with Gasteiger partial charge in [0.2, 0.25) is 0 Å². The van der Waals surface area contributed by atoms with Gasteiger partial charge in [0.05, 0.1) is 16.1 Å². The summed E-state index contributed by atoms with van der Waals surface area (Å²) in [4.78, 5) is 4.48. The number of nitrogens with one attached hydrogen (secondary N) is 1. The van der Waals surface area contributed by atoms with E-state index in [9.17, 15) is 8.42 Å². The fourth-order valence-corrected chi connectivity index (χ4v) is 3.17. The molecule has 1 aromatic heterocycles. The number of hydrogen-bond donors (Lipinski definition) is 1. The number of rotatable bonds is 3. The van der Waals surface area contributed by atoms with Gasteiger partial charge in [-0.3, -0.25) is 9.71 Å². The zero-order chi connectivity index (χ0) is 14.9. The SMILES string of the molecule is Cc1ccc(S(=O)(=O)Nc2cccc3cccnc23)cc1.[Zn]. The topological polar surface area (TPSA) is 59.1 Å². The predicted molar refractivity (Wildman–Crippen MR) is 83.7 cm³/mol. The zero-order valence-electron chi connectivity index (χ0n) is 12.2. The van der Waals surface area contributed by atoms with Crippen molar-refractivity contribution in [3.05, 3.63) is 66.4 Å². The third kappa shape index (κ3) is 3.34. The zero-order valence-corrected chi connectivity index (χ0v) is 15.9. The van der Waals surface area contributed by atoms with E-state index in [4.69, 9.17) is 0 Å². The molecule has 2 aromatic carbocycles. The van der Waals surface area contributed by atoms with Crippen LogP contribution in [0, 0.1) is 6.92 Å². The van der Waals surface area contributed by atoms with Crippen LogP contribution in [-0.2, 0) is 29.5 Å². The van der Waals surface area contributed by atoms with E-state index in [-0.39, 0.29) is 24.4 Å². The number of fused-ring (bicyclic) bond motifs is 1. The number of anilines is 1. The summed E-state index contributed by atoms with van der Waals surface area (Å²) in [5.41, 5.74) is 2.13. The Morgan fingerprint density at radius 1 is 0.955 bits per heavy atom. The molecule has 1 N–H and O–H groups in total. The second-order valence-corrected chi connectivity index (χ2v) is 6.48. The maximum atomic E-state index is 12.4. The first-order chi connectivity index (χ1) is 10.1. The molecular weight excluding hydrogens is 350 g/mol. The standard InChI is InChI=1S/C16H14N2O2S.Zn/c1-12-7-9-14(10-8-12)21(19,20)18-15-6-2-4-13-5-3-11-17-16(13)15;/h2-11,18H,1H3;. The fourth-order valence-electron chi connectivity index (χ4n) is 2.11. The number of benzene rings is 2. The number of aryl methyl sites for hydroxylation is 1. The summed E-state index contributed by atoms with van der Waals surface area (Å²) in [5, 5.41) is 0.890. The maximum Gasteiger partial charge on any atom is 0.261 e. The molecule has 1 heterocycles. The number of hydrogen-bond acceptors (Lipinski definition) is 3. The van der Waals surface area contributed by atoms with Crippen molar-refractivity contribution >= 4 is 26.6 Å². The Morgan fingerprint density at radius 2 is 1.64 bits per heavy atom. The van der Waals surface area contributed by atoms with E-state index in [1.165, 1.54) is 0 Å². The Bertz CT molecular complexity index is 888. The molecular formula is C16H14N2O2SZn. The summed E-state index contributed by atoms with van der Waals surface area (Å²) in [5.74, 6) is 0. The van der Waals surface area contributed by atoms with Crippen molar-refractivity contribution in [2.45, 2.75) is 11.8 Å². The maximum absolute atomic E-state index is 12.4. The second-order valence-electron chi connectivity index (χ2n) is 4.80. The van der Waals surface area contributed by atoms with Crippen LogP contribution in [-0.4, -0.2) is 13.4 Å². The molecule has 4 nitrogen and oxygen atoms in total. The van der Waals surface area contributed by atoms with Crippen LogP contribution >= 0.6 is 0 Å². The molecule has 0 unspecified atom stereocenters. The van der Waals surface area contributed by atoms with Crippen molar-refractivity contribution in [2.75, 3.05) is 4.72 Å². The van der Waals surface area contributed by atoms with Crippen LogP contribution in [0.25, 0.3) is 10.9 Å². The predicted octanol–water partition coefficient (Wildman–Crippen LogP) is 3.34. The van der Waals surface area contributed by atoms with E-state index in [0.717, 1.165) is 10.9 Å². The summed E-state index contributed by atoms with van der Waals surface area (Å²) in [6, 6.07) is 15.9. The molecule has 6 heteroatoms. The first-order valence-corrected chi connectivity index (χ1v) is 7.98. The van der Waals surface area contributed by atoms with E-state index in [0.29, 0.717) is 11.2 Å². The summed E-state index contributed by atoms with van der Waals surface area (Å²) in [7, 11) is -3.61. The van der Waals surface area contributed by atoms with E-state index >= 15 is 0 Å². The van der Waals surface area contributed by atoms with Gasteiger partial charge in [0.15, 0.2) is 0 Å². The van der Waals surface area contributed by atoms with Gasteiger partial charge in [0, 0.05) is 31.1 Å². The van der Waals surface area contributed by atoms with Gasteiger partial charge in [-0.25, -0.2) is 8.42 Å². The number of pyridine rings is 1. The minimum absolute atomic E-state index is 0. The van der Waals surface area contributed by atoms with E-state index in [2.05, 4.69) is 9.71 Å². The largest absolute Gasteiger partial charge is 0.277 e. The molecule has 3 aromatic rings. The fraction of sp³-hybridized carbons (Fsp3) is 0.0625. The summed E-state index contributed by atoms with van der Waals surface area (Å²) < 4.78 is 27.4. The Balaban J connectivity index is 0.00000176. The van der Waals surface area contributed by atoms with Crippen LogP contribution in [0.3, 0.4) is 0 Å². The van der Waals surface area contributed by atoms with Gasteiger partial charge < -0.3 is 0 Å². The average molecular weight is 364 g/mol. The normalized spacial score (nSPS) is 11.0. The molecule has 3 rings (SSSR count). The van der Waals surface area contributed by atoms with E-state index < -0.39 is 10.0 Å². The monoisotopic (exact) mass is 362 g/mol. The van der Waals surface area contributed by atoms with Crippen molar-refractivity contribution in [3.63, 3.8) is 0 Å². The molecule has 0 spiro atoms. The first-order valence-electron chi connectivity index (χ1n) is 6.49. The van der Waals surface area contributed by atoms with Crippen LogP contribution in [0.1, 0.15) is 5.56 Å². The number of aromatic nitrogens is 1. The van der Waals surface area contributed by atoms with Gasteiger partial charge in [0.25, 0.3) is 10.0 Å². The quantitative estimate of drug-likeness (QED) is 0.726. The number of para-hydroxylation sites is 1. The Hall–Kier alpha value is -1.78. The molecule has 0 saturated heterocycles. The Morgan fingerprint density at radius 3 is 2.36 bits per heavy atom. The molecule has 0 fully saturated rings. The molecule has 0 amide bonds.